The summed E-state index contributed by atoms with van der Waals surface area (Å²) < 4.78 is 0. The Morgan fingerprint density at radius 3 is 2.36 bits per heavy atom. The van der Waals surface area contributed by atoms with E-state index in [4.69, 9.17) is 0 Å². The molecular weight excluding hydrogens is 278 g/mol. The van der Waals surface area contributed by atoms with Gasteiger partial charge in [-0.3, -0.25) is 4.79 Å². The monoisotopic (exact) mass is 303 g/mol. The minimum atomic E-state index is -0.957. The van der Waals surface area contributed by atoms with Crippen molar-refractivity contribution >= 4 is 11.9 Å². The maximum atomic E-state index is 12.8. The Hall–Kier alpha value is -1.84. The third-order valence-electron chi connectivity index (χ3n) is 4.61. The molecule has 1 aromatic carbocycles. The van der Waals surface area contributed by atoms with Crippen LogP contribution in [-0.4, -0.2) is 23.0 Å². The van der Waals surface area contributed by atoms with Crippen LogP contribution in [0.4, 0.5) is 0 Å². The summed E-state index contributed by atoms with van der Waals surface area (Å²) in [6.45, 7) is 5.93. The Morgan fingerprint density at radius 2 is 1.91 bits per heavy atom. The second-order valence-electron chi connectivity index (χ2n) is 6.74. The molecule has 0 bridgehead atoms. The van der Waals surface area contributed by atoms with Gasteiger partial charge in [0.15, 0.2) is 0 Å². The lowest BCUT2D eigenvalue weighted by molar-refractivity contribution is -0.144. The Kier molecular flexibility index (Phi) is 4.89. The SMILES string of the molecule is Cc1ccccc1C1(C(=O)N[C@H](CC(C)C)C(=O)O)CCC1. The molecule has 1 amide bonds. The number of nitrogens with one attached hydrogen (secondary N) is 1. The van der Waals surface area contributed by atoms with Crippen molar-refractivity contribution in [3.63, 3.8) is 0 Å². The number of carbonyl (C=O) groups is 2. The molecule has 2 N–H and O–H groups in total. The van der Waals surface area contributed by atoms with Gasteiger partial charge in [-0.2, -0.15) is 0 Å². The predicted octanol–water partition coefficient (Wildman–Crippen LogP) is 3.03. The van der Waals surface area contributed by atoms with Gasteiger partial charge in [-0.15, -0.1) is 0 Å². The standard InChI is InChI=1S/C18H25NO3/c1-12(2)11-15(16(20)21)19-17(22)18(9-6-10-18)14-8-5-4-7-13(14)3/h4-5,7-8,12,15H,6,9-11H2,1-3H3,(H,19,22)(H,20,21)/t15-/m1/s1. The minimum Gasteiger partial charge on any atom is -0.480 e. The summed E-state index contributed by atoms with van der Waals surface area (Å²) in [7, 11) is 0. The van der Waals surface area contributed by atoms with Crippen molar-refractivity contribution in [1.82, 2.24) is 5.32 Å². The summed E-state index contributed by atoms with van der Waals surface area (Å²) in [5.41, 5.74) is 1.58. The molecule has 1 aliphatic carbocycles. The van der Waals surface area contributed by atoms with Crippen molar-refractivity contribution in [1.29, 1.82) is 0 Å². The van der Waals surface area contributed by atoms with E-state index in [1.54, 1.807) is 0 Å². The molecule has 22 heavy (non-hydrogen) atoms. The first-order valence-corrected chi connectivity index (χ1v) is 7.96. The van der Waals surface area contributed by atoms with E-state index in [1.807, 2.05) is 45.0 Å². The predicted molar refractivity (Wildman–Crippen MR) is 85.7 cm³/mol. The van der Waals surface area contributed by atoms with Crippen molar-refractivity contribution in [2.24, 2.45) is 5.92 Å². The minimum absolute atomic E-state index is 0.138. The van der Waals surface area contributed by atoms with Crippen LogP contribution < -0.4 is 5.32 Å². The number of amides is 1. The third-order valence-corrected chi connectivity index (χ3v) is 4.61. The summed E-state index contributed by atoms with van der Waals surface area (Å²) in [4.78, 5) is 24.2. The molecule has 1 atom stereocenters. The van der Waals surface area contributed by atoms with E-state index in [9.17, 15) is 14.7 Å². The van der Waals surface area contributed by atoms with E-state index < -0.39 is 17.4 Å². The molecule has 0 saturated heterocycles. The van der Waals surface area contributed by atoms with E-state index in [1.165, 1.54) is 0 Å². The number of rotatable bonds is 6. The fourth-order valence-electron chi connectivity index (χ4n) is 3.25. The first kappa shape index (κ1) is 16.5. The van der Waals surface area contributed by atoms with Crippen LogP contribution in [-0.2, 0) is 15.0 Å². The zero-order valence-corrected chi connectivity index (χ0v) is 13.6. The molecular formula is C18H25NO3. The molecule has 1 fully saturated rings. The largest absolute Gasteiger partial charge is 0.480 e. The number of carboxylic acid groups (broad SMARTS) is 1. The van der Waals surface area contributed by atoms with Gasteiger partial charge >= 0.3 is 5.97 Å². The summed E-state index contributed by atoms with van der Waals surface area (Å²) >= 11 is 0. The van der Waals surface area contributed by atoms with E-state index >= 15 is 0 Å². The van der Waals surface area contributed by atoms with Crippen LogP contribution in [0.3, 0.4) is 0 Å². The molecule has 120 valence electrons. The van der Waals surface area contributed by atoms with Crippen LogP contribution in [0.25, 0.3) is 0 Å². The van der Waals surface area contributed by atoms with E-state index in [2.05, 4.69) is 5.32 Å². The lowest BCUT2D eigenvalue weighted by Crippen LogP contribution is -2.54. The van der Waals surface area contributed by atoms with Crippen LogP contribution in [0.1, 0.15) is 50.7 Å². The lowest BCUT2D eigenvalue weighted by atomic mass is 9.62. The van der Waals surface area contributed by atoms with Crippen molar-refractivity contribution in [2.75, 3.05) is 0 Å². The molecule has 0 heterocycles. The summed E-state index contributed by atoms with van der Waals surface area (Å²) in [6, 6.07) is 7.09. The molecule has 1 saturated carbocycles. The van der Waals surface area contributed by atoms with Gasteiger partial charge in [0.05, 0.1) is 5.41 Å². The van der Waals surface area contributed by atoms with Gasteiger partial charge in [-0.05, 0) is 43.2 Å². The molecule has 4 heteroatoms. The molecule has 1 aromatic rings. The molecule has 1 aliphatic rings. The number of carboxylic acids is 1. The summed E-state index contributed by atoms with van der Waals surface area (Å²) in [5.74, 6) is -0.875. The Morgan fingerprint density at radius 1 is 1.27 bits per heavy atom. The Balaban J connectivity index is 2.22. The Labute approximate surface area is 131 Å². The van der Waals surface area contributed by atoms with Crippen molar-refractivity contribution in [2.45, 2.75) is 57.9 Å². The first-order valence-electron chi connectivity index (χ1n) is 7.96. The number of benzene rings is 1. The number of aryl methyl sites for hydroxylation is 1. The van der Waals surface area contributed by atoms with Crippen molar-refractivity contribution in [3.8, 4) is 0 Å². The molecule has 0 aromatic heterocycles. The van der Waals surface area contributed by atoms with Gasteiger partial charge in [0.1, 0.15) is 6.04 Å². The topological polar surface area (TPSA) is 66.4 Å². The fraction of sp³-hybridized carbons (Fsp3) is 0.556. The number of aliphatic carboxylic acids is 1. The van der Waals surface area contributed by atoms with Crippen LogP contribution in [0.5, 0.6) is 0 Å². The highest BCUT2D eigenvalue weighted by molar-refractivity contribution is 5.92. The average Bonchev–Trinajstić information content (AvgIpc) is 2.38. The van der Waals surface area contributed by atoms with Crippen LogP contribution in [0.15, 0.2) is 24.3 Å². The van der Waals surface area contributed by atoms with Gasteiger partial charge in [0, 0.05) is 0 Å². The molecule has 0 radical (unpaired) electrons. The molecule has 0 aliphatic heterocycles. The number of hydrogen-bond donors (Lipinski definition) is 2. The zero-order chi connectivity index (χ0) is 16.3. The number of hydrogen-bond acceptors (Lipinski definition) is 2. The highest BCUT2D eigenvalue weighted by Gasteiger charge is 2.47. The fourth-order valence-corrected chi connectivity index (χ4v) is 3.25. The summed E-state index contributed by atoms with van der Waals surface area (Å²) in [6.07, 6.45) is 3.03. The average molecular weight is 303 g/mol. The Bertz CT molecular complexity index is 561. The normalized spacial score (nSPS) is 17.6. The number of carbonyl (C=O) groups excluding carboxylic acids is 1. The lowest BCUT2D eigenvalue weighted by Gasteiger charge is -2.42. The smallest absolute Gasteiger partial charge is 0.326 e. The third kappa shape index (κ3) is 3.16. The quantitative estimate of drug-likeness (QED) is 0.849. The maximum Gasteiger partial charge on any atom is 0.326 e. The second kappa shape index (κ2) is 6.51. The van der Waals surface area contributed by atoms with Crippen molar-refractivity contribution in [3.05, 3.63) is 35.4 Å². The van der Waals surface area contributed by atoms with Gasteiger partial charge in [0.2, 0.25) is 5.91 Å². The molecule has 0 spiro atoms. The van der Waals surface area contributed by atoms with Gasteiger partial charge < -0.3 is 10.4 Å². The van der Waals surface area contributed by atoms with E-state index in [0.29, 0.717) is 6.42 Å². The maximum absolute atomic E-state index is 12.8. The summed E-state index contributed by atoms with van der Waals surface area (Å²) in [5, 5.41) is 12.1. The first-order chi connectivity index (χ1) is 10.4. The van der Waals surface area contributed by atoms with Crippen LogP contribution in [0.2, 0.25) is 0 Å². The molecule has 4 nitrogen and oxygen atoms in total. The van der Waals surface area contributed by atoms with Gasteiger partial charge in [-0.25, -0.2) is 4.79 Å². The van der Waals surface area contributed by atoms with E-state index in [0.717, 1.165) is 30.4 Å². The van der Waals surface area contributed by atoms with E-state index in [-0.39, 0.29) is 11.8 Å². The van der Waals surface area contributed by atoms with Crippen LogP contribution >= 0.6 is 0 Å². The highest BCUT2D eigenvalue weighted by atomic mass is 16.4. The second-order valence-corrected chi connectivity index (χ2v) is 6.74. The van der Waals surface area contributed by atoms with Gasteiger partial charge in [-0.1, -0.05) is 44.5 Å². The van der Waals surface area contributed by atoms with Crippen molar-refractivity contribution < 1.29 is 14.7 Å². The zero-order valence-electron chi connectivity index (χ0n) is 13.6. The highest BCUT2D eigenvalue weighted by Crippen LogP contribution is 2.45. The van der Waals surface area contributed by atoms with Gasteiger partial charge in [0.25, 0.3) is 0 Å². The molecule has 0 unspecified atom stereocenters. The molecule has 2 rings (SSSR count). The van der Waals surface area contributed by atoms with Crippen LogP contribution in [0, 0.1) is 12.8 Å².